The number of hydrogen-bond acceptors (Lipinski definition) is 3. The first kappa shape index (κ1) is 13.8. The molecule has 21 heavy (non-hydrogen) atoms. The molecule has 0 aliphatic carbocycles. The molecule has 0 radical (unpaired) electrons. The van der Waals surface area contributed by atoms with Crippen LogP contribution in [0, 0.1) is 0 Å². The average molecular weight is 285 g/mol. The summed E-state index contributed by atoms with van der Waals surface area (Å²) in [6.45, 7) is 1.63. The van der Waals surface area contributed by atoms with Gasteiger partial charge in [-0.25, -0.2) is 0 Å². The summed E-state index contributed by atoms with van der Waals surface area (Å²) >= 11 is 0. The summed E-state index contributed by atoms with van der Waals surface area (Å²) in [6, 6.07) is 8.95. The number of piperidine rings is 1. The van der Waals surface area contributed by atoms with Gasteiger partial charge in [0, 0.05) is 36.8 Å². The molecule has 1 aromatic carbocycles. The lowest BCUT2D eigenvalue weighted by atomic mass is 10.1. The van der Waals surface area contributed by atoms with E-state index in [1.54, 1.807) is 12.3 Å². The van der Waals surface area contributed by atoms with Gasteiger partial charge in [0.25, 0.3) is 0 Å². The molecule has 1 atom stereocenters. The van der Waals surface area contributed by atoms with Crippen LogP contribution in [-0.2, 0) is 11.3 Å². The first-order valence-electron chi connectivity index (χ1n) is 7.27. The van der Waals surface area contributed by atoms with Crippen molar-refractivity contribution in [3.8, 4) is 0 Å². The van der Waals surface area contributed by atoms with E-state index in [2.05, 4.69) is 0 Å². The van der Waals surface area contributed by atoms with Crippen LogP contribution >= 0.6 is 0 Å². The van der Waals surface area contributed by atoms with Crippen LogP contribution in [0.5, 0.6) is 0 Å². The first-order valence-corrected chi connectivity index (χ1v) is 7.27. The van der Waals surface area contributed by atoms with E-state index in [9.17, 15) is 9.59 Å². The zero-order valence-corrected chi connectivity index (χ0v) is 11.9. The molecule has 5 heteroatoms. The molecule has 3 rings (SSSR count). The van der Waals surface area contributed by atoms with Crippen molar-refractivity contribution in [2.75, 3.05) is 13.1 Å². The van der Waals surface area contributed by atoms with E-state index in [-0.39, 0.29) is 23.9 Å². The highest BCUT2D eigenvalue weighted by molar-refractivity contribution is 5.82. The highest BCUT2D eigenvalue weighted by Crippen LogP contribution is 2.12. The number of aromatic nitrogens is 1. The zero-order chi connectivity index (χ0) is 14.8. The number of benzene rings is 1. The molecule has 2 heterocycles. The lowest BCUT2D eigenvalue weighted by Gasteiger charge is -2.31. The van der Waals surface area contributed by atoms with Crippen LogP contribution in [0.2, 0.25) is 0 Å². The number of fused-ring (bicyclic) bond motifs is 1. The fourth-order valence-electron chi connectivity index (χ4n) is 2.88. The van der Waals surface area contributed by atoms with Crippen LogP contribution < -0.4 is 11.2 Å². The fraction of sp³-hybridized carbons (Fsp3) is 0.375. The number of amides is 1. The summed E-state index contributed by atoms with van der Waals surface area (Å²) in [7, 11) is 0. The predicted octanol–water partition coefficient (Wildman–Crippen LogP) is 0.951. The Morgan fingerprint density at radius 3 is 2.90 bits per heavy atom. The van der Waals surface area contributed by atoms with Crippen LogP contribution in [0.3, 0.4) is 0 Å². The quantitative estimate of drug-likeness (QED) is 0.893. The van der Waals surface area contributed by atoms with Gasteiger partial charge >= 0.3 is 0 Å². The van der Waals surface area contributed by atoms with Gasteiger partial charge in [0.15, 0.2) is 5.43 Å². The molecular weight excluding hydrogens is 266 g/mol. The van der Waals surface area contributed by atoms with E-state index < -0.39 is 0 Å². The lowest BCUT2D eigenvalue weighted by Crippen LogP contribution is -2.46. The number of para-hydroxylation sites is 1. The number of nitrogens with two attached hydrogens (primary N) is 1. The summed E-state index contributed by atoms with van der Waals surface area (Å²) in [5.74, 6) is 0.0546. The number of pyridine rings is 1. The van der Waals surface area contributed by atoms with Crippen molar-refractivity contribution in [3.63, 3.8) is 0 Å². The van der Waals surface area contributed by atoms with Gasteiger partial charge in [-0.05, 0) is 25.0 Å². The van der Waals surface area contributed by atoms with Crippen LogP contribution in [0.4, 0.5) is 0 Å². The molecule has 1 aliphatic rings. The third-order valence-electron chi connectivity index (χ3n) is 4.00. The molecule has 0 spiro atoms. The summed E-state index contributed by atoms with van der Waals surface area (Å²) in [5, 5.41) is 0.642. The number of hydrogen-bond donors (Lipinski definition) is 1. The molecule has 0 bridgehead atoms. The molecule has 2 N–H and O–H groups in total. The molecular formula is C16H19N3O2. The number of carbonyl (C=O) groups excluding carboxylic acids is 1. The molecule has 2 aromatic rings. The van der Waals surface area contributed by atoms with E-state index >= 15 is 0 Å². The Morgan fingerprint density at radius 2 is 2.10 bits per heavy atom. The fourth-order valence-corrected chi connectivity index (χ4v) is 2.88. The first-order chi connectivity index (χ1) is 10.1. The molecule has 0 saturated carbocycles. The van der Waals surface area contributed by atoms with Gasteiger partial charge in [-0.15, -0.1) is 0 Å². The maximum atomic E-state index is 12.4. The van der Waals surface area contributed by atoms with Crippen molar-refractivity contribution in [1.29, 1.82) is 0 Å². The summed E-state index contributed by atoms with van der Waals surface area (Å²) in [4.78, 5) is 26.1. The van der Waals surface area contributed by atoms with Gasteiger partial charge in [0.2, 0.25) is 5.91 Å². The summed E-state index contributed by atoms with van der Waals surface area (Å²) in [5.41, 5.74) is 6.70. The van der Waals surface area contributed by atoms with Gasteiger partial charge in [0.05, 0.1) is 5.52 Å². The predicted molar refractivity (Wildman–Crippen MR) is 82.0 cm³/mol. The van der Waals surface area contributed by atoms with Gasteiger partial charge in [-0.1, -0.05) is 12.1 Å². The SMILES string of the molecule is NC1CCCN(C(=O)Cn2ccc(=O)c3ccccc32)C1. The van der Waals surface area contributed by atoms with Gasteiger partial charge < -0.3 is 15.2 Å². The Morgan fingerprint density at radius 1 is 1.29 bits per heavy atom. The van der Waals surface area contributed by atoms with Crippen molar-refractivity contribution in [2.45, 2.75) is 25.4 Å². The van der Waals surface area contributed by atoms with E-state index in [1.807, 2.05) is 27.7 Å². The van der Waals surface area contributed by atoms with Crippen molar-refractivity contribution in [2.24, 2.45) is 5.73 Å². The van der Waals surface area contributed by atoms with Crippen molar-refractivity contribution in [1.82, 2.24) is 9.47 Å². The average Bonchev–Trinajstić information content (AvgIpc) is 2.50. The highest BCUT2D eigenvalue weighted by Gasteiger charge is 2.21. The number of rotatable bonds is 2. The van der Waals surface area contributed by atoms with Crippen molar-refractivity contribution < 1.29 is 4.79 Å². The van der Waals surface area contributed by atoms with Gasteiger partial charge in [-0.3, -0.25) is 9.59 Å². The maximum Gasteiger partial charge on any atom is 0.242 e. The number of carbonyl (C=O) groups is 1. The largest absolute Gasteiger partial charge is 0.340 e. The minimum atomic E-state index is -0.0192. The number of likely N-dealkylation sites (tertiary alicyclic amines) is 1. The standard InChI is InChI=1S/C16H19N3O2/c17-12-4-3-8-19(10-12)16(21)11-18-9-7-15(20)13-5-1-2-6-14(13)18/h1-2,5-7,9,12H,3-4,8,10-11,17H2. The van der Waals surface area contributed by atoms with Gasteiger partial charge in [-0.2, -0.15) is 0 Å². The van der Waals surface area contributed by atoms with E-state index in [1.165, 1.54) is 6.07 Å². The van der Waals surface area contributed by atoms with Gasteiger partial charge in [0.1, 0.15) is 6.54 Å². The molecule has 110 valence electrons. The molecule has 1 unspecified atom stereocenters. The molecule has 1 aromatic heterocycles. The smallest absolute Gasteiger partial charge is 0.242 e. The topological polar surface area (TPSA) is 68.3 Å². The summed E-state index contributed by atoms with van der Waals surface area (Å²) < 4.78 is 1.83. The lowest BCUT2D eigenvalue weighted by molar-refractivity contribution is -0.132. The van der Waals surface area contributed by atoms with Crippen LogP contribution in [0.1, 0.15) is 12.8 Å². The number of nitrogens with zero attached hydrogens (tertiary/aromatic N) is 2. The van der Waals surface area contributed by atoms with E-state index in [0.717, 1.165) is 24.9 Å². The van der Waals surface area contributed by atoms with Crippen LogP contribution in [-0.4, -0.2) is 34.5 Å². The van der Waals surface area contributed by atoms with Crippen LogP contribution in [0.25, 0.3) is 10.9 Å². The second-order valence-electron chi connectivity index (χ2n) is 5.57. The molecule has 1 amide bonds. The highest BCUT2D eigenvalue weighted by atomic mass is 16.2. The van der Waals surface area contributed by atoms with Crippen molar-refractivity contribution in [3.05, 3.63) is 46.8 Å². The molecule has 1 saturated heterocycles. The van der Waals surface area contributed by atoms with Crippen molar-refractivity contribution >= 4 is 16.8 Å². The second kappa shape index (κ2) is 5.69. The Hall–Kier alpha value is -2.14. The Balaban J connectivity index is 1.86. The van der Waals surface area contributed by atoms with Crippen LogP contribution in [0.15, 0.2) is 41.3 Å². The maximum absolute atomic E-state index is 12.4. The third-order valence-corrected chi connectivity index (χ3v) is 4.00. The van der Waals surface area contributed by atoms with E-state index in [4.69, 9.17) is 5.73 Å². The monoisotopic (exact) mass is 285 g/mol. The molecule has 5 nitrogen and oxygen atoms in total. The third kappa shape index (κ3) is 2.83. The van der Waals surface area contributed by atoms with E-state index in [0.29, 0.717) is 11.9 Å². The minimum absolute atomic E-state index is 0.0192. The normalized spacial score (nSPS) is 18.9. The minimum Gasteiger partial charge on any atom is -0.340 e. The Bertz CT molecular complexity index is 723. The Labute approximate surface area is 123 Å². The summed E-state index contributed by atoms with van der Waals surface area (Å²) in [6.07, 6.45) is 3.62. The molecule has 1 fully saturated rings. The Kier molecular flexibility index (Phi) is 3.75. The second-order valence-corrected chi connectivity index (χ2v) is 5.57. The molecule has 1 aliphatic heterocycles. The zero-order valence-electron chi connectivity index (χ0n) is 11.9.